The molecule has 0 saturated carbocycles. The summed E-state index contributed by atoms with van der Waals surface area (Å²) in [6.45, 7) is 2.62. The highest BCUT2D eigenvalue weighted by Gasteiger charge is 2.27. The van der Waals surface area contributed by atoms with E-state index in [0.29, 0.717) is 29.8 Å². The molecule has 3 heterocycles. The van der Waals surface area contributed by atoms with E-state index < -0.39 is 11.9 Å². The number of amides is 3. The van der Waals surface area contributed by atoms with Crippen molar-refractivity contribution >= 4 is 23.4 Å². The largest absolute Gasteiger partial charge is 0.457 e. The number of pyridine rings is 1. The first kappa shape index (κ1) is 29.1. The lowest BCUT2D eigenvalue weighted by Gasteiger charge is -2.32. The standard InChI is InChI=1S/C35H35N5O4/c36-34(42)29-13-14-30(38-33(29)25-9-11-28(12-10-25)44-27-7-2-1-3-8-27)24-17-19-40(20-18-24)22-23-5-4-6-26(21-23)37-31-15-16-32(41)39-35(31)43/h1-14,21,24,31,37H,15-20,22H2,(H2,36,42)(H,39,41,43). The van der Waals surface area contributed by atoms with E-state index in [4.69, 9.17) is 15.5 Å². The van der Waals surface area contributed by atoms with E-state index in [2.05, 4.69) is 27.7 Å². The number of hydrogen-bond donors (Lipinski definition) is 3. The van der Waals surface area contributed by atoms with Crippen molar-refractivity contribution in [2.24, 2.45) is 5.73 Å². The number of rotatable bonds is 9. The number of aromatic nitrogens is 1. The summed E-state index contributed by atoms with van der Waals surface area (Å²) in [5.74, 6) is 0.718. The van der Waals surface area contributed by atoms with Crippen LogP contribution in [0.2, 0.25) is 0 Å². The second kappa shape index (κ2) is 13.1. The maximum absolute atomic E-state index is 12.3. The Kier molecular flexibility index (Phi) is 8.65. The zero-order valence-corrected chi connectivity index (χ0v) is 24.4. The van der Waals surface area contributed by atoms with E-state index in [1.807, 2.05) is 72.8 Å². The number of para-hydroxylation sites is 1. The lowest BCUT2D eigenvalue weighted by molar-refractivity contribution is -0.133. The zero-order valence-electron chi connectivity index (χ0n) is 24.4. The Morgan fingerprint density at radius 1 is 0.909 bits per heavy atom. The Bertz CT molecular complexity index is 1650. The number of imide groups is 1. The third-order valence-electron chi connectivity index (χ3n) is 8.21. The highest BCUT2D eigenvalue weighted by molar-refractivity contribution is 6.01. The maximum atomic E-state index is 12.3. The quantitative estimate of drug-likeness (QED) is 0.228. The Hall–Kier alpha value is -5.02. The van der Waals surface area contributed by atoms with E-state index in [0.717, 1.165) is 60.7 Å². The molecule has 224 valence electrons. The van der Waals surface area contributed by atoms with Gasteiger partial charge in [0.1, 0.15) is 17.5 Å². The molecule has 3 aromatic carbocycles. The molecule has 6 rings (SSSR count). The van der Waals surface area contributed by atoms with Crippen molar-refractivity contribution in [3.05, 3.63) is 108 Å². The molecule has 0 bridgehead atoms. The molecule has 2 aliphatic heterocycles. The molecular formula is C35H35N5O4. The van der Waals surface area contributed by atoms with Gasteiger partial charge in [-0.25, -0.2) is 0 Å². The second-order valence-electron chi connectivity index (χ2n) is 11.3. The molecule has 0 radical (unpaired) electrons. The van der Waals surface area contributed by atoms with Gasteiger partial charge in [0, 0.05) is 35.8 Å². The Morgan fingerprint density at radius 2 is 1.66 bits per heavy atom. The summed E-state index contributed by atoms with van der Waals surface area (Å²) in [5, 5.41) is 5.67. The fraction of sp³-hybridized carbons (Fsp3) is 0.257. The van der Waals surface area contributed by atoms with Gasteiger partial charge in [0.2, 0.25) is 11.8 Å². The molecule has 1 aromatic heterocycles. The molecule has 1 atom stereocenters. The summed E-state index contributed by atoms with van der Waals surface area (Å²) >= 11 is 0. The zero-order chi connectivity index (χ0) is 30.5. The van der Waals surface area contributed by atoms with Gasteiger partial charge in [-0.1, -0.05) is 30.3 Å². The van der Waals surface area contributed by atoms with Crippen LogP contribution in [0.3, 0.4) is 0 Å². The molecule has 1 unspecified atom stereocenters. The lowest BCUT2D eigenvalue weighted by Crippen LogP contribution is -2.47. The summed E-state index contributed by atoms with van der Waals surface area (Å²) in [6, 6.07) is 28.5. The molecule has 2 fully saturated rings. The van der Waals surface area contributed by atoms with E-state index in [1.54, 1.807) is 6.07 Å². The van der Waals surface area contributed by atoms with Crippen molar-refractivity contribution in [3.8, 4) is 22.8 Å². The Balaban J connectivity index is 1.09. The predicted octanol–water partition coefficient (Wildman–Crippen LogP) is 5.24. The average Bonchev–Trinajstić information content (AvgIpc) is 3.03. The number of anilines is 1. The summed E-state index contributed by atoms with van der Waals surface area (Å²) in [5.41, 5.74) is 10.5. The molecule has 4 N–H and O–H groups in total. The SMILES string of the molecule is NC(=O)c1ccc(C2CCN(Cc3cccc(NC4CCC(=O)NC4=O)c3)CC2)nc1-c1ccc(Oc2ccccc2)cc1. The van der Waals surface area contributed by atoms with E-state index in [-0.39, 0.29) is 17.7 Å². The van der Waals surface area contributed by atoms with Crippen LogP contribution < -0.4 is 21.1 Å². The van der Waals surface area contributed by atoms with E-state index in [1.165, 1.54) is 0 Å². The number of piperidine rings is 2. The molecule has 44 heavy (non-hydrogen) atoms. The summed E-state index contributed by atoms with van der Waals surface area (Å²) in [7, 11) is 0. The molecule has 3 amide bonds. The number of primary amides is 1. The van der Waals surface area contributed by atoms with Crippen LogP contribution in [0.4, 0.5) is 5.69 Å². The number of carbonyl (C=O) groups is 3. The number of ether oxygens (including phenoxy) is 1. The van der Waals surface area contributed by atoms with Gasteiger partial charge in [0.05, 0.1) is 11.3 Å². The van der Waals surface area contributed by atoms with Gasteiger partial charge >= 0.3 is 0 Å². The summed E-state index contributed by atoms with van der Waals surface area (Å²) < 4.78 is 5.92. The van der Waals surface area contributed by atoms with Crippen LogP contribution in [0.15, 0.2) is 91.0 Å². The molecule has 9 heteroatoms. The second-order valence-corrected chi connectivity index (χ2v) is 11.3. The summed E-state index contributed by atoms with van der Waals surface area (Å²) in [4.78, 5) is 43.3. The maximum Gasteiger partial charge on any atom is 0.250 e. The molecule has 2 saturated heterocycles. The number of nitrogens with zero attached hydrogens (tertiary/aromatic N) is 2. The number of carbonyl (C=O) groups excluding carboxylic acids is 3. The van der Waals surface area contributed by atoms with Crippen molar-refractivity contribution in [1.82, 2.24) is 15.2 Å². The number of nitrogens with two attached hydrogens (primary N) is 1. The molecule has 9 nitrogen and oxygen atoms in total. The van der Waals surface area contributed by atoms with Gasteiger partial charge in [-0.3, -0.25) is 29.6 Å². The van der Waals surface area contributed by atoms with E-state index in [9.17, 15) is 14.4 Å². The number of benzene rings is 3. The summed E-state index contributed by atoms with van der Waals surface area (Å²) in [6.07, 6.45) is 2.73. The first-order valence-electron chi connectivity index (χ1n) is 15.0. The molecule has 0 aliphatic carbocycles. The van der Waals surface area contributed by atoms with Crippen LogP contribution in [0.5, 0.6) is 11.5 Å². The Morgan fingerprint density at radius 3 is 2.39 bits per heavy atom. The number of likely N-dealkylation sites (tertiary alicyclic amines) is 1. The minimum absolute atomic E-state index is 0.219. The first-order chi connectivity index (χ1) is 21.4. The van der Waals surface area contributed by atoms with Gasteiger partial charge in [-0.05, 0) is 98.6 Å². The van der Waals surface area contributed by atoms with Gasteiger partial charge < -0.3 is 15.8 Å². The van der Waals surface area contributed by atoms with Crippen molar-refractivity contribution in [2.45, 2.75) is 44.2 Å². The van der Waals surface area contributed by atoms with Crippen molar-refractivity contribution in [1.29, 1.82) is 0 Å². The van der Waals surface area contributed by atoms with Gasteiger partial charge in [0.15, 0.2) is 0 Å². The molecular weight excluding hydrogens is 554 g/mol. The highest BCUT2D eigenvalue weighted by Crippen LogP contribution is 2.32. The minimum Gasteiger partial charge on any atom is -0.457 e. The lowest BCUT2D eigenvalue weighted by atomic mass is 9.91. The third kappa shape index (κ3) is 6.95. The fourth-order valence-corrected chi connectivity index (χ4v) is 5.86. The van der Waals surface area contributed by atoms with Gasteiger partial charge in [0.25, 0.3) is 5.91 Å². The van der Waals surface area contributed by atoms with Crippen LogP contribution in [0, 0.1) is 0 Å². The molecule has 4 aromatic rings. The molecule has 0 spiro atoms. The topological polar surface area (TPSA) is 127 Å². The number of hydrogen-bond acceptors (Lipinski definition) is 7. The van der Waals surface area contributed by atoms with Crippen LogP contribution in [-0.2, 0) is 16.1 Å². The first-order valence-corrected chi connectivity index (χ1v) is 15.0. The van der Waals surface area contributed by atoms with Crippen LogP contribution >= 0.6 is 0 Å². The van der Waals surface area contributed by atoms with Crippen molar-refractivity contribution < 1.29 is 19.1 Å². The van der Waals surface area contributed by atoms with Crippen molar-refractivity contribution in [2.75, 3.05) is 18.4 Å². The van der Waals surface area contributed by atoms with Crippen LogP contribution in [-0.4, -0.2) is 46.7 Å². The fourth-order valence-electron chi connectivity index (χ4n) is 5.86. The van der Waals surface area contributed by atoms with Gasteiger partial charge in [-0.15, -0.1) is 0 Å². The number of nitrogens with one attached hydrogen (secondary N) is 2. The monoisotopic (exact) mass is 589 g/mol. The molecule has 2 aliphatic rings. The smallest absolute Gasteiger partial charge is 0.250 e. The van der Waals surface area contributed by atoms with Crippen LogP contribution in [0.25, 0.3) is 11.3 Å². The third-order valence-corrected chi connectivity index (χ3v) is 8.21. The highest BCUT2D eigenvalue weighted by atomic mass is 16.5. The van der Waals surface area contributed by atoms with E-state index >= 15 is 0 Å². The van der Waals surface area contributed by atoms with Crippen LogP contribution in [0.1, 0.15) is 53.2 Å². The average molecular weight is 590 g/mol. The van der Waals surface area contributed by atoms with Crippen molar-refractivity contribution in [3.63, 3.8) is 0 Å². The predicted molar refractivity (Wildman–Crippen MR) is 168 cm³/mol. The minimum atomic E-state index is -0.507. The van der Waals surface area contributed by atoms with Gasteiger partial charge in [-0.2, -0.15) is 0 Å². The Labute approximate surface area is 256 Å². The normalized spacial score (nSPS) is 17.6.